The smallest absolute Gasteiger partial charge is 0.291 e. The van der Waals surface area contributed by atoms with Crippen LogP contribution in [-0.2, 0) is 13.2 Å². The Morgan fingerprint density at radius 1 is 0.971 bits per heavy atom. The first kappa shape index (κ1) is 22.1. The topological polar surface area (TPSA) is 69.3 Å². The zero-order chi connectivity index (χ0) is 23.5. The Bertz CT molecular complexity index is 1450. The highest BCUT2D eigenvalue weighted by Gasteiger charge is 2.14. The molecule has 34 heavy (non-hydrogen) atoms. The summed E-state index contributed by atoms with van der Waals surface area (Å²) in [5.41, 5.74) is 1.28. The van der Waals surface area contributed by atoms with E-state index in [1.165, 1.54) is 0 Å². The fraction of sp³-hybridized carbons (Fsp3) is 0.0769. The standard InChI is InChI=1S/C26H19Cl2N3O3/c27-23-6-3-7-24(28)22(23)15-31-14-19(13-29-31)30-26(32)25-11-10-21(34-25)16-33-20-9-8-17-4-1-2-5-18(17)12-20/h1-14H,15-16H2,(H,30,32). The van der Waals surface area contributed by atoms with Gasteiger partial charge in [0.25, 0.3) is 5.91 Å². The second kappa shape index (κ2) is 9.63. The van der Waals surface area contributed by atoms with Crippen molar-refractivity contribution in [2.75, 3.05) is 5.32 Å². The molecule has 0 spiro atoms. The average Bonchev–Trinajstić information content (AvgIpc) is 3.50. The third-order valence-corrected chi connectivity index (χ3v) is 5.97. The summed E-state index contributed by atoms with van der Waals surface area (Å²) in [4.78, 5) is 12.6. The second-order valence-electron chi connectivity index (χ2n) is 7.64. The Morgan fingerprint density at radius 3 is 2.59 bits per heavy atom. The molecule has 0 unspecified atom stereocenters. The maximum absolute atomic E-state index is 12.6. The molecule has 1 amide bonds. The van der Waals surface area contributed by atoms with E-state index in [-0.39, 0.29) is 18.3 Å². The Balaban J connectivity index is 1.19. The number of benzene rings is 3. The number of furan rings is 1. The number of ether oxygens (including phenoxy) is 1. The van der Waals surface area contributed by atoms with Crippen molar-refractivity contribution in [2.45, 2.75) is 13.2 Å². The molecular weight excluding hydrogens is 473 g/mol. The van der Waals surface area contributed by atoms with Crippen LogP contribution in [0.4, 0.5) is 5.69 Å². The molecule has 0 bridgehead atoms. The van der Waals surface area contributed by atoms with E-state index in [4.69, 9.17) is 32.4 Å². The number of carbonyl (C=O) groups excluding carboxylic acids is 1. The van der Waals surface area contributed by atoms with Crippen molar-refractivity contribution in [2.24, 2.45) is 0 Å². The van der Waals surface area contributed by atoms with Crippen LogP contribution in [0.2, 0.25) is 10.0 Å². The number of fused-ring (bicyclic) bond motifs is 1. The molecular formula is C26H19Cl2N3O3. The minimum absolute atomic E-state index is 0.180. The molecule has 0 aliphatic heterocycles. The zero-order valence-corrected chi connectivity index (χ0v) is 19.4. The summed E-state index contributed by atoms with van der Waals surface area (Å²) in [6.45, 7) is 0.591. The number of amides is 1. The lowest BCUT2D eigenvalue weighted by atomic mass is 10.1. The predicted molar refractivity (Wildman–Crippen MR) is 133 cm³/mol. The van der Waals surface area contributed by atoms with Crippen LogP contribution in [0.15, 0.2) is 89.6 Å². The summed E-state index contributed by atoms with van der Waals surface area (Å²) in [5, 5.41) is 10.4. The monoisotopic (exact) mass is 491 g/mol. The molecule has 1 N–H and O–H groups in total. The molecule has 6 nitrogen and oxygen atoms in total. The van der Waals surface area contributed by atoms with Crippen LogP contribution < -0.4 is 10.1 Å². The van der Waals surface area contributed by atoms with Gasteiger partial charge in [0.05, 0.1) is 18.4 Å². The van der Waals surface area contributed by atoms with Gasteiger partial charge in [-0.3, -0.25) is 9.48 Å². The van der Waals surface area contributed by atoms with E-state index in [9.17, 15) is 4.79 Å². The number of aromatic nitrogens is 2. The van der Waals surface area contributed by atoms with Crippen molar-refractivity contribution in [3.63, 3.8) is 0 Å². The van der Waals surface area contributed by atoms with Gasteiger partial charge in [-0.25, -0.2) is 0 Å². The minimum atomic E-state index is -0.382. The number of hydrogen-bond donors (Lipinski definition) is 1. The van der Waals surface area contributed by atoms with Gasteiger partial charge in [-0.2, -0.15) is 5.10 Å². The molecule has 0 saturated heterocycles. The second-order valence-corrected chi connectivity index (χ2v) is 8.46. The van der Waals surface area contributed by atoms with Gasteiger partial charge in [-0.05, 0) is 47.2 Å². The first-order valence-corrected chi connectivity index (χ1v) is 11.3. The molecule has 0 saturated carbocycles. The number of rotatable bonds is 7. The van der Waals surface area contributed by atoms with Gasteiger partial charge in [0.15, 0.2) is 5.76 Å². The number of hydrogen-bond acceptors (Lipinski definition) is 4. The number of nitrogens with zero attached hydrogens (tertiary/aromatic N) is 2. The lowest BCUT2D eigenvalue weighted by Gasteiger charge is -2.06. The van der Waals surface area contributed by atoms with Crippen molar-refractivity contribution in [1.82, 2.24) is 9.78 Å². The first-order chi connectivity index (χ1) is 16.5. The van der Waals surface area contributed by atoms with Crippen molar-refractivity contribution in [3.8, 4) is 5.75 Å². The largest absolute Gasteiger partial charge is 0.486 e. The third-order valence-electron chi connectivity index (χ3n) is 5.26. The maximum atomic E-state index is 12.6. The molecule has 2 heterocycles. The molecule has 170 valence electrons. The van der Waals surface area contributed by atoms with Crippen molar-refractivity contribution in [1.29, 1.82) is 0 Å². The van der Waals surface area contributed by atoms with E-state index in [2.05, 4.69) is 10.4 Å². The third kappa shape index (κ3) is 4.93. The van der Waals surface area contributed by atoms with E-state index in [0.717, 1.165) is 22.1 Å². The van der Waals surface area contributed by atoms with E-state index >= 15 is 0 Å². The van der Waals surface area contributed by atoms with Crippen LogP contribution in [-0.4, -0.2) is 15.7 Å². The van der Waals surface area contributed by atoms with Gasteiger partial charge >= 0.3 is 0 Å². The molecule has 5 aromatic rings. The molecule has 0 aliphatic rings. The lowest BCUT2D eigenvalue weighted by Crippen LogP contribution is -2.10. The van der Waals surface area contributed by atoms with Crippen molar-refractivity contribution >= 4 is 45.6 Å². The van der Waals surface area contributed by atoms with Crippen molar-refractivity contribution < 1.29 is 13.9 Å². The Hall–Kier alpha value is -3.74. The first-order valence-electron chi connectivity index (χ1n) is 10.5. The fourth-order valence-electron chi connectivity index (χ4n) is 3.54. The highest BCUT2D eigenvalue weighted by atomic mass is 35.5. The average molecular weight is 492 g/mol. The quantitative estimate of drug-likeness (QED) is 0.271. The zero-order valence-electron chi connectivity index (χ0n) is 17.9. The normalized spacial score (nSPS) is 11.0. The highest BCUT2D eigenvalue weighted by molar-refractivity contribution is 6.36. The van der Waals surface area contributed by atoms with Crippen LogP contribution in [0.1, 0.15) is 21.9 Å². The van der Waals surface area contributed by atoms with E-state index in [1.54, 1.807) is 47.4 Å². The number of carbonyl (C=O) groups is 1. The lowest BCUT2D eigenvalue weighted by molar-refractivity contribution is 0.0992. The molecule has 3 aromatic carbocycles. The SMILES string of the molecule is O=C(Nc1cnn(Cc2c(Cl)cccc2Cl)c1)c1ccc(COc2ccc3ccccc3c2)o1. The summed E-state index contributed by atoms with van der Waals surface area (Å²) in [6.07, 6.45) is 3.25. The predicted octanol–water partition coefficient (Wildman–Crippen LogP) is 6.82. The number of nitrogens with one attached hydrogen (secondary N) is 1. The molecule has 2 aromatic heterocycles. The summed E-state index contributed by atoms with van der Waals surface area (Å²) in [6, 6.07) is 22.6. The van der Waals surface area contributed by atoms with Gasteiger partial charge in [-0.1, -0.05) is 59.6 Å². The Kier molecular flexibility index (Phi) is 6.25. The van der Waals surface area contributed by atoms with Gasteiger partial charge in [0, 0.05) is 21.8 Å². The Morgan fingerprint density at radius 2 is 1.76 bits per heavy atom. The minimum Gasteiger partial charge on any atom is -0.486 e. The van der Waals surface area contributed by atoms with Gasteiger partial charge in [-0.15, -0.1) is 0 Å². The van der Waals surface area contributed by atoms with E-state index < -0.39 is 0 Å². The van der Waals surface area contributed by atoms with Crippen LogP contribution in [0.3, 0.4) is 0 Å². The molecule has 0 fully saturated rings. The maximum Gasteiger partial charge on any atom is 0.291 e. The van der Waals surface area contributed by atoms with Crippen molar-refractivity contribution in [3.05, 3.63) is 112 Å². The van der Waals surface area contributed by atoms with Gasteiger partial charge < -0.3 is 14.5 Å². The van der Waals surface area contributed by atoms with Crippen LogP contribution in [0.5, 0.6) is 5.75 Å². The number of halogens is 2. The summed E-state index contributed by atoms with van der Waals surface area (Å²) < 4.78 is 13.1. The Labute approximate surface area is 205 Å². The molecule has 5 rings (SSSR count). The van der Waals surface area contributed by atoms with E-state index in [0.29, 0.717) is 28.0 Å². The number of anilines is 1. The molecule has 8 heteroatoms. The molecule has 0 atom stereocenters. The van der Waals surface area contributed by atoms with Crippen LogP contribution in [0, 0.1) is 0 Å². The van der Waals surface area contributed by atoms with Gasteiger partial charge in [0.2, 0.25) is 0 Å². The molecule has 0 aliphatic carbocycles. The van der Waals surface area contributed by atoms with E-state index in [1.807, 2.05) is 42.5 Å². The molecule has 0 radical (unpaired) electrons. The summed E-state index contributed by atoms with van der Waals surface area (Å²) in [7, 11) is 0. The van der Waals surface area contributed by atoms with Gasteiger partial charge in [0.1, 0.15) is 18.1 Å². The summed E-state index contributed by atoms with van der Waals surface area (Å²) in [5.74, 6) is 1.07. The summed E-state index contributed by atoms with van der Waals surface area (Å²) >= 11 is 12.5. The highest BCUT2D eigenvalue weighted by Crippen LogP contribution is 2.25. The van der Waals surface area contributed by atoms with Crippen LogP contribution >= 0.6 is 23.2 Å². The van der Waals surface area contributed by atoms with Crippen LogP contribution in [0.25, 0.3) is 10.8 Å². The fourth-order valence-corrected chi connectivity index (χ4v) is 4.06.